The Morgan fingerprint density at radius 3 is 1.77 bits per heavy atom. The first-order valence-corrected chi connectivity index (χ1v) is 25.3. The Labute approximate surface area is 377 Å². The van der Waals surface area contributed by atoms with Crippen LogP contribution >= 0.6 is 0 Å². The van der Waals surface area contributed by atoms with Gasteiger partial charge in [-0.15, -0.1) is 0 Å². The van der Waals surface area contributed by atoms with Crippen molar-refractivity contribution in [3.8, 4) is 22.3 Å². The van der Waals surface area contributed by atoms with Gasteiger partial charge in [-0.1, -0.05) is 159 Å². The maximum atomic E-state index is 6.67. The molecule has 0 saturated carbocycles. The number of benzene rings is 10. The van der Waals surface area contributed by atoms with Gasteiger partial charge in [0.15, 0.2) is 5.58 Å². The Morgan fingerprint density at radius 2 is 0.938 bits per heavy atom. The van der Waals surface area contributed by atoms with Crippen molar-refractivity contribution in [1.82, 2.24) is 0 Å². The molecule has 0 amide bonds. The monoisotopic (exact) mass is 850 g/mol. The summed E-state index contributed by atoms with van der Waals surface area (Å²) in [6, 6.07) is 78.9. The van der Waals surface area contributed by atoms with E-state index in [2.05, 4.69) is 229 Å². The molecule has 2 aromatic heterocycles. The smallest absolute Gasteiger partial charge is 0.159 e. The predicted molar refractivity (Wildman–Crippen MR) is 275 cm³/mol. The van der Waals surface area contributed by atoms with E-state index in [-0.39, 0.29) is 0 Å². The van der Waals surface area contributed by atoms with Crippen LogP contribution in [-0.2, 0) is 0 Å². The maximum Gasteiger partial charge on any atom is 0.159 e. The van der Waals surface area contributed by atoms with E-state index in [9.17, 15) is 0 Å². The molecule has 308 valence electrons. The fourth-order valence-corrected chi connectivity index (χ4v) is 13.7. The molecule has 0 aliphatic carbocycles. The van der Waals surface area contributed by atoms with Gasteiger partial charge < -0.3 is 18.6 Å². The lowest BCUT2D eigenvalue weighted by Gasteiger charge is -2.36. The molecule has 0 atom stereocenters. The van der Waals surface area contributed by atoms with Crippen LogP contribution in [0.4, 0.5) is 34.1 Å². The third-order valence-electron chi connectivity index (χ3n) is 13.6. The average molecular weight is 851 g/mol. The van der Waals surface area contributed by atoms with Gasteiger partial charge in [0.1, 0.15) is 24.8 Å². The minimum Gasteiger partial charge on any atom is -0.456 e. The van der Waals surface area contributed by atoms with Crippen LogP contribution in [0.3, 0.4) is 0 Å². The highest BCUT2D eigenvalue weighted by Crippen LogP contribution is 2.48. The van der Waals surface area contributed by atoms with Crippen molar-refractivity contribution >= 4 is 107 Å². The Balaban J connectivity index is 1.02. The minimum atomic E-state index is -2.34. The predicted octanol–water partition coefficient (Wildman–Crippen LogP) is 16.0. The number of hydrogen-bond acceptors (Lipinski definition) is 4. The summed E-state index contributed by atoms with van der Waals surface area (Å²) in [4.78, 5) is 4.84. The van der Waals surface area contributed by atoms with Crippen LogP contribution in [0.2, 0.25) is 13.1 Å². The summed E-state index contributed by atoms with van der Waals surface area (Å²) >= 11 is 0. The van der Waals surface area contributed by atoms with Gasteiger partial charge in [0.2, 0.25) is 0 Å². The van der Waals surface area contributed by atoms with Crippen molar-refractivity contribution in [2.45, 2.75) is 13.1 Å². The highest BCUT2D eigenvalue weighted by Gasteiger charge is 2.37. The van der Waals surface area contributed by atoms with Crippen LogP contribution in [-0.4, -0.2) is 8.07 Å². The molecule has 0 radical (unpaired) electrons. The fraction of sp³-hybridized carbons (Fsp3) is 0.0333. The highest BCUT2D eigenvalue weighted by atomic mass is 28.3. The number of anilines is 6. The number of para-hydroxylation sites is 5. The molecular formula is C60H42N2O2Si. The summed E-state index contributed by atoms with van der Waals surface area (Å²) in [6.45, 7) is 5.04. The highest BCUT2D eigenvalue weighted by molar-refractivity contribution is 7.03. The van der Waals surface area contributed by atoms with Crippen LogP contribution in [0, 0.1) is 0 Å². The van der Waals surface area contributed by atoms with Crippen molar-refractivity contribution in [3.63, 3.8) is 0 Å². The number of rotatable bonds is 7. The second-order valence-electron chi connectivity index (χ2n) is 17.6. The van der Waals surface area contributed by atoms with Gasteiger partial charge in [0.25, 0.3) is 0 Å². The maximum absolute atomic E-state index is 6.67. The van der Waals surface area contributed by atoms with E-state index in [0.717, 1.165) is 78.0 Å². The third kappa shape index (κ3) is 5.76. The molecule has 13 rings (SSSR count). The Hall–Kier alpha value is -8.12. The number of nitrogens with zero attached hydrogens (tertiary/aromatic N) is 2. The van der Waals surface area contributed by atoms with E-state index < -0.39 is 8.07 Å². The van der Waals surface area contributed by atoms with Crippen LogP contribution in [0.5, 0.6) is 0 Å². The van der Waals surface area contributed by atoms with E-state index in [1.165, 1.54) is 43.4 Å². The van der Waals surface area contributed by atoms with Crippen molar-refractivity contribution in [2.75, 3.05) is 9.80 Å². The summed E-state index contributed by atoms with van der Waals surface area (Å²) in [5.74, 6) is 0. The van der Waals surface area contributed by atoms with E-state index in [1.807, 2.05) is 12.1 Å². The molecule has 10 aromatic carbocycles. The molecule has 0 bridgehead atoms. The third-order valence-corrected chi connectivity index (χ3v) is 17.2. The van der Waals surface area contributed by atoms with Gasteiger partial charge in [-0.3, -0.25) is 0 Å². The van der Waals surface area contributed by atoms with Crippen molar-refractivity contribution in [2.24, 2.45) is 0 Å². The van der Waals surface area contributed by atoms with Crippen LogP contribution in [0.15, 0.2) is 227 Å². The molecule has 4 nitrogen and oxygen atoms in total. The number of hydrogen-bond donors (Lipinski definition) is 0. The molecule has 1 aliphatic rings. The Kier molecular flexibility index (Phi) is 8.33. The second kappa shape index (κ2) is 14.5. The molecule has 3 heterocycles. The van der Waals surface area contributed by atoms with Gasteiger partial charge >= 0.3 is 0 Å². The lowest BCUT2D eigenvalue weighted by atomic mass is 9.94. The molecule has 0 saturated heterocycles. The first kappa shape index (κ1) is 37.4. The van der Waals surface area contributed by atoms with E-state index in [0.29, 0.717) is 0 Å². The molecule has 0 fully saturated rings. The molecular weight excluding hydrogens is 809 g/mol. The van der Waals surface area contributed by atoms with Crippen LogP contribution in [0.1, 0.15) is 0 Å². The lowest BCUT2D eigenvalue weighted by molar-refractivity contribution is 0.668. The van der Waals surface area contributed by atoms with Crippen molar-refractivity contribution in [3.05, 3.63) is 218 Å². The molecule has 1 aliphatic heterocycles. The molecule has 65 heavy (non-hydrogen) atoms. The summed E-state index contributed by atoms with van der Waals surface area (Å²) in [5, 5.41) is 9.88. The van der Waals surface area contributed by atoms with Gasteiger partial charge in [-0.2, -0.15) is 0 Å². The fourth-order valence-electron chi connectivity index (χ4n) is 10.6. The van der Waals surface area contributed by atoms with E-state index in [4.69, 9.17) is 8.83 Å². The van der Waals surface area contributed by atoms with E-state index in [1.54, 1.807) is 0 Å². The zero-order valence-corrected chi connectivity index (χ0v) is 37.0. The summed E-state index contributed by atoms with van der Waals surface area (Å²) in [6.07, 6.45) is 0. The largest absolute Gasteiger partial charge is 0.456 e. The first-order chi connectivity index (χ1) is 32.0. The molecule has 0 unspecified atom stereocenters. The average Bonchev–Trinajstić information content (AvgIpc) is 3.93. The zero-order valence-electron chi connectivity index (χ0n) is 36.0. The van der Waals surface area contributed by atoms with Gasteiger partial charge in [0.05, 0.1) is 17.1 Å². The van der Waals surface area contributed by atoms with Crippen molar-refractivity contribution < 1.29 is 8.83 Å². The summed E-state index contributed by atoms with van der Waals surface area (Å²) in [5.41, 5.74) is 15.0. The standard InChI is InChI=1S/C60H42N2O2Si/c1-65(2)57-30-16-25-49-52(62(51-26-12-9-21-43(51)39-17-5-3-6-18-39)41-32-36-56-50(37-41)45-23-11-13-28-54(45)63-56)35-34-47(59(49)57)46-33-31-42(38-58(46)65)61(40-19-7-4-8-20-40)53-27-15-24-48-44-22-10-14-29-55(44)64-60(48)53/h3-38H,1-2H3. The minimum absolute atomic E-state index is 0.881. The van der Waals surface area contributed by atoms with E-state index >= 15 is 0 Å². The van der Waals surface area contributed by atoms with Crippen LogP contribution in [0.25, 0.3) is 76.9 Å². The molecule has 0 spiro atoms. The number of furan rings is 2. The summed E-state index contributed by atoms with van der Waals surface area (Å²) in [7, 11) is -2.34. The van der Waals surface area contributed by atoms with Gasteiger partial charge in [-0.25, -0.2) is 0 Å². The number of fused-ring (bicyclic) bond motifs is 8. The molecule has 12 aromatic rings. The molecule has 0 N–H and O–H groups in total. The Morgan fingerprint density at radius 1 is 0.338 bits per heavy atom. The van der Waals surface area contributed by atoms with Gasteiger partial charge in [-0.05, 0) is 105 Å². The van der Waals surface area contributed by atoms with Crippen molar-refractivity contribution in [1.29, 1.82) is 0 Å². The quantitative estimate of drug-likeness (QED) is 0.150. The molecule has 5 heteroatoms. The SMILES string of the molecule is C[Si]1(C)c2cc(N(c3ccccc3)c3cccc4c3oc3ccccc34)ccc2-c2ccc(N(c3ccc4oc5ccccc5c4c3)c3ccccc3-c3ccccc3)c3cccc1c23. The lowest BCUT2D eigenvalue weighted by Crippen LogP contribution is -2.56. The summed E-state index contributed by atoms with van der Waals surface area (Å²) < 4.78 is 13.0. The van der Waals surface area contributed by atoms with Crippen LogP contribution < -0.4 is 20.2 Å². The first-order valence-electron chi connectivity index (χ1n) is 22.3. The normalized spacial score (nSPS) is 12.9. The Bertz CT molecular complexity index is 3830. The zero-order chi connectivity index (χ0) is 43.2. The van der Waals surface area contributed by atoms with Gasteiger partial charge in [0, 0.05) is 49.6 Å². The topological polar surface area (TPSA) is 32.8 Å². The second-order valence-corrected chi connectivity index (χ2v) is 22.0.